The summed E-state index contributed by atoms with van der Waals surface area (Å²) in [6.45, 7) is 1.93. The molecule has 1 heterocycles. The van der Waals surface area contributed by atoms with Gasteiger partial charge in [-0.1, -0.05) is 0 Å². The predicted octanol–water partition coefficient (Wildman–Crippen LogP) is 0.408. The van der Waals surface area contributed by atoms with Crippen LogP contribution in [0, 0.1) is 0 Å². The van der Waals surface area contributed by atoms with E-state index in [1.54, 1.807) is 25.6 Å². The van der Waals surface area contributed by atoms with Crippen molar-refractivity contribution < 1.29 is 5.11 Å². The molecule has 0 saturated heterocycles. The van der Waals surface area contributed by atoms with Gasteiger partial charge in [0.25, 0.3) is 0 Å². The van der Waals surface area contributed by atoms with Gasteiger partial charge >= 0.3 is 0 Å². The summed E-state index contributed by atoms with van der Waals surface area (Å²) in [7, 11) is 0. The first kappa shape index (κ1) is 7.17. The summed E-state index contributed by atoms with van der Waals surface area (Å²) >= 11 is 0. The van der Waals surface area contributed by atoms with Crippen LogP contribution in [0.1, 0.15) is 6.92 Å². The van der Waals surface area contributed by atoms with E-state index in [2.05, 4.69) is 9.97 Å². The van der Waals surface area contributed by atoms with E-state index in [0.717, 1.165) is 0 Å². The molecular formula is C5H10N2O. The fourth-order valence-corrected chi connectivity index (χ4v) is 0.215. The van der Waals surface area contributed by atoms with Crippen molar-refractivity contribution in [2.45, 2.75) is 6.92 Å². The van der Waals surface area contributed by atoms with Gasteiger partial charge in [-0.05, 0) is 6.92 Å². The highest BCUT2D eigenvalue weighted by atomic mass is 16.2. The summed E-state index contributed by atoms with van der Waals surface area (Å²) in [6, 6.07) is 0. The molecule has 1 aromatic heterocycles. The molecule has 0 atom stereocenters. The van der Waals surface area contributed by atoms with Crippen molar-refractivity contribution in [1.82, 2.24) is 9.97 Å². The normalized spacial score (nSPS) is 7.25. The molecule has 0 unspecified atom stereocenters. The molecule has 0 aliphatic rings. The number of aromatic amines is 1. The number of imidazole rings is 1. The molecule has 2 N–H and O–H groups in total. The van der Waals surface area contributed by atoms with Gasteiger partial charge in [0.05, 0.1) is 6.33 Å². The lowest BCUT2D eigenvalue weighted by Gasteiger charge is -1.52. The van der Waals surface area contributed by atoms with E-state index in [1.165, 1.54) is 0 Å². The molecule has 0 bridgehead atoms. The molecule has 8 heavy (non-hydrogen) atoms. The lowest BCUT2D eigenvalue weighted by Crippen LogP contribution is -1.57. The van der Waals surface area contributed by atoms with Crippen LogP contribution in [0.3, 0.4) is 0 Å². The third-order valence-corrected chi connectivity index (χ3v) is 0.406. The third kappa shape index (κ3) is 5.17. The van der Waals surface area contributed by atoms with Crippen LogP contribution in [0.5, 0.6) is 0 Å². The van der Waals surface area contributed by atoms with Gasteiger partial charge in [-0.25, -0.2) is 4.98 Å². The Morgan fingerprint density at radius 2 is 2.38 bits per heavy atom. The maximum atomic E-state index is 7.57. The van der Waals surface area contributed by atoms with Gasteiger partial charge in [-0.2, -0.15) is 0 Å². The minimum absolute atomic E-state index is 0.250. The van der Waals surface area contributed by atoms with E-state index in [9.17, 15) is 0 Å². The largest absolute Gasteiger partial charge is 0.397 e. The Morgan fingerprint density at radius 3 is 2.50 bits per heavy atom. The number of aromatic nitrogens is 2. The zero-order valence-corrected chi connectivity index (χ0v) is 4.83. The van der Waals surface area contributed by atoms with Crippen LogP contribution in [0.15, 0.2) is 18.7 Å². The van der Waals surface area contributed by atoms with Crippen molar-refractivity contribution >= 4 is 0 Å². The second-order valence-electron chi connectivity index (χ2n) is 1.08. The van der Waals surface area contributed by atoms with Crippen LogP contribution in [0.4, 0.5) is 0 Å². The fraction of sp³-hybridized carbons (Fsp3) is 0.400. The highest BCUT2D eigenvalue weighted by Crippen LogP contribution is 1.62. The standard InChI is InChI=1S/C3H4N2.C2H6O/c1-2-5-3-4-1;1-2-3/h1-3H,(H,4,5);3H,2H2,1H3. The fourth-order valence-electron chi connectivity index (χ4n) is 0.215. The van der Waals surface area contributed by atoms with Gasteiger partial charge in [-0.15, -0.1) is 0 Å². The van der Waals surface area contributed by atoms with Gasteiger partial charge in [-0.3, -0.25) is 0 Å². The van der Waals surface area contributed by atoms with Crippen molar-refractivity contribution in [3.63, 3.8) is 0 Å². The van der Waals surface area contributed by atoms with Crippen LogP contribution >= 0.6 is 0 Å². The second kappa shape index (κ2) is 6.17. The van der Waals surface area contributed by atoms with Gasteiger partial charge in [0.2, 0.25) is 0 Å². The summed E-state index contributed by atoms with van der Waals surface area (Å²) in [5.41, 5.74) is 0. The Hall–Kier alpha value is -0.830. The van der Waals surface area contributed by atoms with Crippen molar-refractivity contribution in [2.24, 2.45) is 0 Å². The van der Waals surface area contributed by atoms with E-state index in [4.69, 9.17) is 5.11 Å². The van der Waals surface area contributed by atoms with Gasteiger partial charge in [0.1, 0.15) is 0 Å². The quantitative estimate of drug-likeness (QED) is 0.513. The molecule has 1 aromatic rings. The molecule has 0 aromatic carbocycles. The Bertz CT molecular complexity index is 77.3. The maximum absolute atomic E-state index is 7.57. The van der Waals surface area contributed by atoms with Crippen molar-refractivity contribution in [2.75, 3.05) is 6.61 Å². The van der Waals surface area contributed by atoms with E-state index in [-0.39, 0.29) is 6.61 Å². The Balaban J connectivity index is 0.000000145. The molecule has 3 heteroatoms. The molecular weight excluding hydrogens is 104 g/mol. The highest BCUT2D eigenvalue weighted by molar-refractivity contribution is 4.64. The summed E-state index contributed by atoms with van der Waals surface area (Å²) in [4.78, 5) is 6.42. The maximum Gasteiger partial charge on any atom is 0.0919 e. The Morgan fingerprint density at radius 1 is 1.75 bits per heavy atom. The number of aliphatic hydroxyl groups excluding tert-OH is 1. The van der Waals surface area contributed by atoms with Crippen molar-refractivity contribution in [1.29, 1.82) is 0 Å². The average Bonchev–Trinajstić information content (AvgIpc) is 2.17. The minimum Gasteiger partial charge on any atom is -0.397 e. The number of hydrogen-bond acceptors (Lipinski definition) is 2. The zero-order chi connectivity index (χ0) is 6.24. The minimum atomic E-state index is 0.250. The Labute approximate surface area is 48.4 Å². The van der Waals surface area contributed by atoms with Crippen LogP contribution in [0.25, 0.3) is 0 Å². The molecule has 0 spiro atoms. The first-order valence-corrected chi connectivity index (χ1v) is 2.45. The third-order valence-electron chi connectivity index (χ3n) is 0.406. The summed E-state index contributed by atoms with van der Waals surface area (Å²) < 4.78 is 0. The first-order valence-electron chi connectivity index (χ1n) is 2.45. The van der Waals surface area contributed by atoms with Crippen LogP contribution in [-0.2, 0) is 0 Å². The van der Waals surface area contributed by atoms with Crippen molar-refractivity contribution in [3.05, 3.63) is 18.7 Å². The summed E-state index contributed by atoms with van der Waals surface area (Å²) in [5, 5.41) is 7.57. The first-order chi connectivity index (χ1) is 3.91. The number of aliphatic hydroxyl groups is 1. The lowest BCUT2D eigenvalue weighted by molar-refractivity contribution is 0.318. The molecule has 0 aliphatic heterocycles. The number of nitrogens with one attached hydrogen (secondary N) is 1. The molecule has 0 amide bonds. The monoisotopic (exact) mass is 114 g/mol. The van der Waals surface area contributed by atoms with Gasteiger partial charge < -0.3 is 10.1 Å². The lowest BCUT2D eigenvalue weighted by atomic mass is 10.9. The van der Waals surface area contributed by atoms with Crippen LogP contribution < -0.4 is 0 Å². The predicted molar refractivity (Wildman–Crippen MR) is 31.3 cm³/mol. The highest BCUT2D eigenvalue weighted by Gasteiger charge is 1.56. The Kier molecular flexibility index (Phi) is 5.53. The second-order valence-corrected chi connectivity index (χ2v) is 1.08. The van der Waals surface area contributed by atoms with Crippen molar-refractivity contribution in [3.8, 4) is 0 Å². The molecule has 0 radical (unpaired) electrons. The molecule has 0 aliphatic carbocycles. The molecule has 0 saturated carbocycles. The molecule has 3 nitrogen and oxygen atoms in total. The van der Waals surface area contributed by atoms with E-state index < -0.39 is 0 Å². The number of nitrogens with zero attached hydrogens (tertiary/aromatic N) is 1. The topological polar surface area (TPSA) is 48.9 Å². The number of H-pyrrole nitrogens is 1. The molecule has 0 fully saturated rings. The average molecular weight is 114 g/mol. The number of hydrogen-bond donors (Lipinski definition) is 2. The molecule has 46 valence electrons. The van der Waals surface area contributed by atoms with Gasteiger partial charge in [0, 0.05) is 19.0 Å². The zero-order valence-electron chi connectivity index (χ0n) is 4.83. The SMILES string of the molecule is CCO.c1c[nH]cn1. The summed E-state index contributed by atoms with van der Waals surface area (Å²) in [5.74, 6) is 0. The van der Waals surface area contributed by atoms with E-state index in [1.807, 2.05) is 0 Å². The molecule has 1 rings (SSSR count). The smallest absolute Gasteiger partial charge is 0.0919 e. The van der Waals surface area contributed by atoms with E-state index >= 15 is 0 Å². The van der Waals surface area contributed by atoms with Crippen LogP contribution in [0.2, 0.25) is 0 Å². The van der Waals surface area contributed by atoms with Gasteiger partial charge in [0.15, 0.2) is 0 Å². The van der Waals surface area contributed by atoms with Crippen LogP contribution in [-0.4, -0.2) is 21.7 Å². The number of rotatable bonds is 0. The summed E-state index contributed by atoms with van der Waals surface area (Å²) in [6.07, 6.45) is 5.08. The van der Waals surface area contributed by atoms with E-state index in [0.29, 0.717) is 0 Å².